The van der Waals surface area contributed by atoms with Gasteiger partial charge in [0, 0.05) is 0 Å². The lowest BCUT2D eigenvalue weighted by molar-refractivity contribution is -0.129. The number of fused-ring (bicyclic) bond motifs is 2. The molecule has 0 N–H and O–H groups in total. The number of aliphatic imine (C=N–C) groups is 1. The maximum absolute atomic E-state index is 12.5. The van der Waals surface area contributed by atoms with Crippen molar-refractivity contribution in [2.45, 2.75) is 0 Å². The molecule has 0 aromatic heterocycles. The quantitative estimate of drug-likeness (QED) is 0.242. The molecule has 0 spiro atoms. The topological polar surface area (TPSA) is 38.7 Å². The minimum atomic E-state index is -0.480. The lowest BCUT2D eigenvalue weighted by atomic mass is 9.96. The maximum Gasteiger partial charge on any atom is 0.363 e. The molecule has 0 radical (unpaired) electrons. The van der Waals surface area contributed by atoms with Crippen LogP contribution in [0.5, 0.6) is 0 Å². The summed E-state index contributed by atoms with van der Waals surface area (Å²) in [6.07, 6.45) is 1.80. The Balaban J connectivity index is 1.73. The fourth-order valence-corrected chi connectivity index (χ4v) is 3.72. The minimum Gasteiger partial charge on any atom is -0.402 e. The Kier molecular flexibility index (Phi) is 3.96. The molecule has 1 heterocycles. The average Bonchev–Trinajstić information content (AvgIpc) is 3.08. The number of hydrogen-bond donors (Lipinski definition) is 0. The third-order valence-corrected chi connectivity index (χ3v) is 5.15. The predicted octanol–water partition coefficient (Wildman–Crippen LogP) is 5.99. The van der Waals surface area contributed by atoms with Crippen LogP contribution in [0.2, 0.25) is 5.02 Å². The fourth-order valence-electron chi connectivity index (χ4n) is 3.50. The van der Waals surface area contributed by atoms with Crippen molar-refractivity contribution in [1.29, 1.82) is 0 Å². The lowest BCUT2D eigenvalue weighted by Crippen LogP contribution is -2.05. The zero-order chi connectivity index (χ0) is 19.1. The van der Waals surface area contributed by atoms with Crippen molar-refractivity contribution < 1.29 is 9.53 Å². The van der Waals surface area contributed by atoms with Gasteiger partial charge < -0.3 is 4.74 Å². The van der Waals surface area contributed by atoms with E-state index >= 15 is 0 Å². The number of hydrogen-bond acceptors (Lipinski definition) is 3. The number of ether oxygens (including phenoxy) is 1. The first-order valence-electron chi connectivity index (χ1n) is 8.89. The van der Waals surface area contributed by atoms with Gasteiger partial charge in [-0.25, -0.2) is 9.79 Å². The highest BCUT2D eigenvalue weighted by molar-refractivity contribution is 6.34. The average molecular weight is 384 g/mol. The molecule has 1 aliphatic rings. The number of halogens is 1. The van der Waals surface area contributed by atoms with Crippen molar-refractivity contribution >= 4 is 51.1 Å². The summed E-state index contributed by atoms with van der Waals surface area (Å²) in [5.41, 5.74) is 1.81. The first kappa shape index (κ1) is 16.7. The van der Waals surface area contributed by atoms with Crippen LogP contribution >= 0.6 is 11.6 Å². The molecule has 0 amide bonds. The van der Waals surface area contributed by atoms with Crippen LogP contribution in [-0.4, -0.2) is 11.9 Å². The molecule has 28 heavy (non-hydrogen) atoms. The monoisotopic (exact) mass is 383 g/mol. The molecule has 1 aliphatic heterocycles. The summed E-state index contributed by atoms with van der Waals surface area (Å²) >= 11 is 6.22. The minimum absolute atomic E-state index is 0.228. The summed E-state index contributed by atoms with van der Waals surface area (Å²) in [5.74, 6) is -0.252. The Morgan fingerprint density at radius 2 is 1.43 bits per heavy atom. The van der Waals surface area contributed by atoms with Crippen LogP contribution in [0.3, 0.4) is 0 Å². The van der Waals surface area contributed by atoms with Gasteiger partial charge in [0.05, 0.1) is 10.6 Å². The first-order chi connectivity index (χ1) is 13.7. The zero-order valence-corrected chi connectivity index (χ0v) is 15.5. The molecule has 0 saturated carbocycles. The van der Waals surface area contributed by atoms with Crippen molar-refractivity contribution in [3.63, 3.8) is 0 Å². The van der Waals surface area contributed by atoms with Crippen LogP contribution in [0.15, 0.2) is 89.6 Å². The van der Waals surface area contributed by atoms with E-state index < -0.39 is 5.97 Å². The van der Waals surface area contributed by atoms with Gasteiger partial charge in [-0.2, -0.15) is 0 Å². The summed E-state index contributed by atoms with van der Waals surface area (Å²) in [7, 11) is 0. The number of carbonyl (C=O) groups is 1. The molecule has 4 aromatic carbocycles. The third kappa shape index (κ3) is 2.77. The van der Waals surface area contributed by atoms with Crippen molar-refractivity contribution in [1.82, 2.24) is 0 Å². The van der Waals surface area contributed by atoms with Crippen molar-refractivity contribution in [2.24, 2.45) is 4.99 Å². The molecule has 4 heteroatoms. The highest BCUT2D eigenvalue weighted by Gasteiger charge is 2.26. The lowest BCUT2D eigenvalue weighted by Gasteiger charge is -2.08. The van der Waals surface area contributed by atoms with Crippen LogP contribution in [-0.2, 0) is 9.53 Å². The maximum atomic E-state index is 12.5. The Morgan fingerprint density at radius 3 is 2.11 bits per heavy atom. The van der Waals surface area contributed by atoms with Gasteiger partial charge in [-0.15, -0.1) is 0 Å². The van der Waals surface area contributed by atoms with E-state index in [0.717, 1.165) is 27.1 Å². The van der Waals surface area contributed by atoms with E-state index in [2.05, 4.69) is 23.2 Å². The molecule has 134 valence electrons. The van der Waals surface area contributed by atoms with Gasteiger partial charge in [0.15, 0.2) is 5.70 Å². The fraction of sp³-hybridized carbons (Fsp3) is 0. The summed E-state index contributed by atoms with van der Waals surface area (Å²) < 4.78 is 5.40. The molecule has 0 unspecified atom stereocenters. The molecule has 4 aromatic rings. The molecule has 0 fully saturated rings. The highest BCUT2D eigenvalue weighted by atomic mass is 35.5. The zero-order valence-electron chi connectivity index (χ0n) is 14.7. The normalized spacial score (nSPS) is 15.2. The SMILES string of the molecule is O=C1OC(c2ccccc2Cl)=N/C1=C/c1c2ccccc2cc2ccccc12. The Labute approximate surface area is 166 Å². The van der Waals surface area contributed by atoms with Crippen molar-refractivity contribution in [3.8, 4) is 0 Å². The number of benzene rings is 4. The standard InChI is InChI=1S/C24H14ClNO2/c25-21-12-6-5-11-19(21)23-26-22(24(27)28-23)14-20-17-9-3-1-7-15(17)13-16-8-2-4-10-18(16)20/h1-14H/b22-14+. The van der Waals surface area contributed by atoms with E-state index in [0.29, 0.717) is 10.6 Å². The second-order valence-electron chi connectivity index (χ2n) is 6.55. The van der Waals surface area contributed by atoms with E-state index in [4.69, 9.17) is 16.3 Å². The van der Waals surface area contributed by atoms with Gasteiger partial charge in [-0.1, -0.05) is 72.3 Å². The van der Waals surface area contributed by atoms with Gasteiger partial charge in [0.25, 0.3) is 0 Å². The molecule has 0 saturated heterocycles. The smallest absolute Gasteiger partial charge is 0.363 e. The third-order valence-electron chi connectivity index (χ3n) is 4.82. The van der Waals surface area contributed by atoms with Crippen molar-refractivity contribution in [2.75, 3.05) is 0 Å². The number of rotatable bonds is 2. The Hall–Kier alpha value is -3.43. The molecular weight excluding hydrogens is 370 g/mol. The Bertz CT molecular complexity index is 1270. The summed E-state index contributed by atoms with van der Waals surface area (Å²) in [4.78, 5) is 16.9. The van der Waals surface area contributed by atoms with Gasteiger partial charge in [-0.05, 0) is 51.4 Å². The summed E-state index contributed by atoms with van der Waals surface area (Å²) in [5, 5.41) is 4.82. The number of cyclic esters (lactones) is 1. The molecule has 3 nitrogen and oxygen atoms in total. The van der Waals surface area contributed by atoms with E-state index in [1.165, 1.54) is 0 Å². The van der Waals surface area contributed by atoms with E-state index in [1.54, 1.807) is 18.2 Å². The van der Waals surface area contributed by atoms with Gasteiger partial charge >= 0.3 is 5.97 Å². The highest BCUT2D eigenvalue weighted by Crippen LogP contribution is 2.32. The number of nitrogens with zero attached hydrogens (tertiary/aromatic N) is 1. The largest absolute Gasteiger partial charge is 0.402 e. The van der Waals surface area contributed by atoms with Crippen molar-refractivity contribution in [3.05, 3.63) is 101 Å². The first-order valence-corrected chi connectivity index (χ1v) is 9.26. The van der Waals surface area contributed by atoms with Gasteiger partial charge in [-0.3, -0.25) is 0 Å². The predicted molar refractivity (Wildman–Crippen MR) is 114 cm³/mol. The van der Waals surface area contributed by atoms with Crippen LogP contribution < -0.4 is 0 Å². The van der Waals surface area contributed by atoms with Gasteiger partial charge in [0.1, 0.15) is 0 Å². The molecule has 5 rings (SSSR count). The molecular formula is C24H14ClNO2. The molecule has 0 aliphatic carbocycles. The number of carbonyl (C=O) groups excluding carboxylic acids is 1. The number of esters is 1. The van der Waals surface area contributed by atoms with Crippen LogP contribution in [0.4, 0.5) is 0 Å². The summed E-state index contributed by atoms with van der Waals surface area (Å²) in [6.45, 7) is 0. The van der Waals surface area contributed by atoms with Crippen LogP contribution in [0.1, 0.15) is 11.1 Å². The Morgan fingerprint density at radius 1 is 0.821 bits per heavy atom. The summed E-state index contributed by atoms with van der Waals surface area (Å²) in [6, 6.07) is 25.5. The van der Waals surface area contributed by atoms with E-state index in [1.807, 2.05) is 48.5 Å². The molecule has 0 bridgehead atoms. The van der Waals surface area contributed by atoms with Crippen LogP contribution in [0, 0.1) is 0 Å². The second kappa shape index (κ2) is 6.63. The van der Waals surface area contributed by atoms with Gasteiger partial charge in [0.2, 0.25) is 5.90 Å². The van der Waals surface area contributed by atoms with E-state index in [-0.39, 0.29) is 11.6 Å². The second-order valence-corrected chi connectivity index (χ2v) is 6.96. The van der Waals surface area contributed by atoms with Crippen LogP contribution in [0.25, 0.3) is 27.6 Å². The van der Waals surface area contributed by atoms with E-state index in [9.17, 15) is 4.79 Å². The molecule has 0 atom stereocenters.